The summed E-state index contributed by atoms with van der Waals surface area (Å²) in [6, 6.07) is 9.86. The van der Waals surface area contributed by atoms with E-state index in [4.69, 9.17) is 9.47 Å². The SMILES string of the molecule is C=C1C[C@H](OCc2ccccc2)[C@H](O)C(C)(C)[C]1CC(=O)OC. The summed E-state index contributed by atoms with van der Waals surface area (Å²) in [7, 11) is 1.36. The Morgan fingerprint density at radius 2 is 2.00 bits per heavy atom. The van der Waals surface area contributed by atoms with E-state index in [9.17, 15) is 9.90 Å². The number of methoxy groups -OCH3 is 1. The minimum Gasteiger partial charge on any atom is -0.469 e. The van der Waals surface area contributed by atoms with Crippen LogP contribution in [0.2, 0.25) is 0 Å². The summed E-state index contributed by atoms with van der Waals surface area (Å²) in [6.07, 6.45) is -0.357. The Kier molecular flexibility index (Phi) is 5.60. The second-order valence-corrected chi connectivity index (χ2v) is 6.54. The van der Waals surface area contributed by atoms with E-state index < -0.39 is 11.5 Å². The average molecular weight is 317 g/mol. The Balaban J connectivity index is 2.05. The molecule has 1 aromatic carbocycles. The molecule has 0 aromatic heterocycles. The molecule has 1 aliphatic carbocycles. The third-order valence-electron chi connectivity index (χ3n) is 4.60. The van der Waals surface area contributed by atoms with Crippen molar-refractivity contribution in [1.29, 1.82) is 0 Å². The van der Waals surface area contributed by atoms with Crippen LogP contribution in [-0.4, -0.2) is 30.4 Å². The van der Waals surface area contributed by atoms with Crippen LogP contribution in [0.5, 0.6) is 0 Å². The molecule has 0 aliphatic heterocycles. The lowest BCUT2D eigenvalue weighted by Gasteiger charge is -2.46. The van der Waals surface area contributed by atoms with Crippen molar-refractivity contribution >= 4 is 5.97 Å². The van der Waals surface area contributed by atoms with E-state index in [-0.39, 0.29) is 18.5 Å². The highest BCUT2D eigenvalue weighted by atomic mass is 16.5. The van der Waals surface area contributed by atoms with Crippen LogP contribution in [0, 0.1) is 11.3 Å². The quantitative estimate of drug-likeness (QED) is 0.848. The average Bonchev–Trinajstić information content (AvgIpc) is 2.54. The van der Waals surface area contributed by atoms with Gasteiger partial charge in [-0.25, -0.2) is 0 Å². The third kappa shape index (κ3) is 4.01. The number of ether oxygens (including phenoxy) is 2. The molecule has 4 heteroatoms. The van der Waals surface area contributed by atoms with Crippen LogP contribution in [0.1, 0.15) is 32.3 Å². The van der Waals surface area contributed by atoms with Gasteiger partial charge >= 0.3 is 5.97 Å². The van der Waals surface area contributed by atoms with Gasteiger partial charge in [0.25, 0.3) is 0 Å². The fourth-order valence-corrected chi connectivity index (χ4v) is 3.07. The molecule has 1 aliphatic rings. The van der Waals surface area contributed by atoms with Crippen LogP contribution in [0.15, 0.2) is 42.5 Å². The summed E-state index contributed by atoms with van der Waals surface area (Å²) in [5.74, 6) is 0.529. The van der Waals surface area contributed by atoms with E-state index in [1.54, 1.807) is 0 Å². The highest BCUT2D eigenvalue weighted by Gasteiger charge is 2.48. The van der Waals surface area contributed by atoms with Crippen molar-refractivity contribution in [3.05, 3.63) is 54.0 Å². The first-order chi connectivity index (χ1) is 10.9. The maximum atomic E-state index is 11.6. The van der Waals surface area contributed by atoms with Gasteiger partial charge in [0.05, 0.1) is 32.3 Å². The molecule has 125 valence electrons. The van der Waals surface area contributed by atoms with Crippen LogP contribution in [0.3, 0.4) is 0 Å². The summed E-state index contributed by atoms with van der Waals surface area (Å²) in [5.41, 5.74) is 1.33. The molecule has 0 bridgehead atoms. The largest absolute Gasteiger partial charge is 0.469 e. The Morgan fingerprint density at radius 1 is 1.35 bits per heavy atom. The first kappa shape index (κ1) is 17.7. The summed E-state index contributed by atoms with van der Waals surface area (Å²) >= 11 is 0. The molecular weight excluding hydrogens is 292 g/mol. The number of benzene rings is 1. The Hall–Kier alpha value is -1.65. The third-order valence-corrected chi connectivity index (χ3v) is 4.60. The first-order valence-corrected chi connectivity index (χ1v) is 7.81. The van der Waals surface area contributed by atoms with Gasteiger partial charge in [-0.05, 0) is 12.0 Å². The van der Waals surface area contributed by atoms with Crippen LogP contribution >= 0.6 is 0 Å². The molecular formula is C19H25O4. The van der Waals surface area contributed by atoms with Crippen LogP contribution in [0.25, 0.3) is 0 Å². The minimum absolute atomic E-state index is 0.158. The van der Waals surface area contributed by atoms with Crippen LogP contribution in [0.4, 0.5) is 0 Å². The van der Waals surface area contributed by atoms with Gasteiger partial charge in [0.2, 0.25) is 0 Å². The Morgan fingerprint density at radius 3 is 2.61 bits per heavy atom. The summed E-state index contributed by atoms with van der Waals surface area (Å²) < 4.78 is 10.7. The Labute approximate surface area is 138 Å². The molecule has 1 fully saturated rings. The monoisotopic (exact) mass is 317 g/mol. The normalized spacial score (nSPS) is 24.4. The molecule has 0 unspecified atom stereocenters. The molecule has 2 rings (SSSR count). The van der Waals surface area contributed by atoms with E-state index >= 15 is 0 Å². The van der Waals surface area contributed by atoms with E-state index in [2.05, 4.69) is 6.58 Å². The van der Waals surface area contributed by atoms with Crippen molar-refractivity contribution in [2.75, 3.05) is 7.11 Å². The Bertz CT molecular complexity index is 550. The first-order valence-electron chi connectivity index (χ1n) is 7.81. The number of carbonyl (C=O) groups is 1. The van der Waals surface area contributed by atoms with Crippen LogP contribution in [-0.2, 0) is 20.9 Å². The van der Waals surface area contributed by atoms with Crippen molar-refractivity contribution in [2.24, 2.45) is 5.41 Å². The highest BCUT2D eigenvalue weighted by molar-refractivity contribution is 5.73. The van der Waals surface area contributed by atoms with Crippen molar-refractivity contribution in [2.45, 2.75) is 45.5 Å². The van der Waals surface area contributed by atoms with Gasteiger partial charge in [0, 0.05) is 11.3 Å². The molecule has 0 heterocycles. The van der Waals surface area contributed by atoms with Gasteiger partial charge in [-0.1, -0.05) is 56.3 Å². The number of aliphatic hydroxyl groups excluding tert-OH is 1. The number of aliphatic hydroxyl groups is 1. The van der Waals surface area contributed by atoms with Gasteiger partial charge in [0.1, 0.15) is 0 Å². The van der Waals surface area contributed by atoms with Crippen molar-refractivity contribution in [3.8, 4) is 0 Å². The molecule has 1 radical (unpaired) electrons. The van der Waals surface area contributed by atoms with Crippen molar-refractivity contribution in [1.82, 2.24) is 0 Å². The molecule has 1 aromatic rings. The number of hydrogen-bond donors (Lipinski definition) is 1. The van der Waals surface area contributed by atoms with Crippen molar-refractivity contribution < 1.29 is 19.4 Å². The fraction of sp³-hybridized carbons (Fsp3) is 0.474. The van der Waals surface area contributed by atoms with Crippen molar-refractivity contribution in [3.63, 3.8) is 0 Å². The highest BCUT2D eigenvalue weighted by Crippen LogP contribution is 2.47. The maximum absolute atomic E-state index is 11.6. The predicted molar refractivity (Wildman–Crippen MR) is 88.4 cm³/mol. The lowest BCUT2D eigenvalue weighted by Crippen LogP contribution is -2.50. The van der Waals surface area contributed by atoms with E-state index in [0.717, 1.165) is 17.1 Å². The predicted octanol–water partition coefficient (Wildman–Crippen LogP) is 3.06. The standard InChI is InChI=1S/C19H25O4/c1-13-10-16(23-12-14-8-6-5-7-9-14)18(21)19(2,3)15(13)11-17(20)22-4/h5-9,16,18,21H,1,10-12H2,2-4H3/t16-,18-/m0/s1. The van der Waals surface area contributed by atoms with Gasteiger partial charge in [-0.2, -0.15) is 0 Å². The number of rotatable bonds is 5. The zero-order valence-electron chi connectivity index (χ0n) is 14.0. The van der Waals surface area contributed by atoms with Gasteiger partial charge in [-0.3, -0.25) is 4.79 Å². The summed E-state index contributed by atoms with van der Waals surface area (Å²) in [5, 5.41) is 10.7. The molecule has 0 saturated heterocycles. The molecule has 1 N–H and O–H groups in total. The molecule has 23 heavy (non-hydrogen) atoms. The minimum atomic E-state index is -0.698. The summed E-state index contributed by atoms with van der Waals surface area (Å²) in [4.78, 5) is 11.6. The second-order valence-electron chi connectivity index (χ2n) is 6.54. The lowest BCUT2D eigenvalue weighted by atomic mass is 9.63. The zero-order chi connectivity index (χ0) is 17.0. The van der Waals surface area contributed by atoms with Gasteiger partial charge in [0.15, 0.2) is 0 Å². The lowest BCUT2D eigenvalue weighted by molar-refractivity contribution is -0.142. The van der Waals surface area contributed by atoms with Crippen LogP contribution < -0.4 is 0 Å². The smallest absolute Gasteiger partial charge is 0.306 e. The number of esters is 1. The second kappa shape index (κ2) is 7.28. The molecule has 0 spiro atoms. The molecule has 4 nitrogen and oxygen atoms in total. The zero-order valence-corrected chi connectivity index (χ0v) is 14.0. The molecule has 2 atom stereocenters. The molecule has 1 saturated carbocycles. The maximum Gasteiger partial charge on any atom is 0.306 e. The fourth-order valence-electron chi connectivity index (χ4n) is 3.07. The van der Waals surface area contributed by atoms with E-state index in [1.165, 1.54) is 7.11 Å². The van der Waals surface area contributed by atoms with Gasteiger partial charge < -0.3 is 14.6 Å². The summed E-state index contributed by atoms with van der Waals surface area (Å²) in [6.45, 7) is 8.36. The number of hydrogen-bond acceptors (Lipinski definition) is 4. The topological polar surface area (TPSA) is 55.8 Å². The molecule has 0 amide bonds. The number of carbonyl (C=O) groups excluding carboxylic acids is 1. The van der Waals surface area contributed by atoms with E-state index in [0.29, 0.717) is 13.0 Å². The van der Waals surface area contributed by atoms with Gasteiger partial charge in [-0.15, -0.1) is 0 Å². The van der Waals surface area contributed by atoms with E-state index in [1.807, 2.05) is 44.2 Å².